The lowest BCUT2D eigenvalue weighted by Crippen LogP contribution is -2.30. The number of benzene rings is 1. The summed E-state index contributed by atoms with van der Waals surface area (Å²) in [5.41, 5.74) is 5.67. The first-order valence-corrected chi connectivity index (χ1v) is 6.14. The molecule has 9 nitrogen and oxygen atoms in total. The van der Waals surface area contributed by atoms with Gasteiger partial charge in [-0.2, -0.15) is 0 Å². The smallest absolute Gasteiger partial charge is 0.437 e. The molecular formula is C13H16N2O7. The molecule has 120 valence electrons. The molecule has 2 amide bonds. The van der Waals surface area contributed by atoms with Crippen LogP contribution in [-0.2, 0) is 15.9 Å². The third-order valence-electron chi connectivity index (χ3n) is 2.44. The molecule has 0 bridgehead atoms. The second kappa shape index (κ2) is 8.35. The summed E-state index contributed by atoms with van der Waals surface area (Å²) in [4.78, 5) is 33.0. The monoisotopic (exact) mass is 312 g/mol. The Balaban J connectivity index is 2.89. The van der Waals surface area contributed by atoms with Crippen molar-refractivity contribution >= 4 is 18.3 Å². The number of nitrogens with one attached hydrogen (secondary N) is 1. The summed E-state index contributed by atoms with van der Waals surface area (Å²) in [5, 5.41) is 2.42. The van der Waals surface area contributed by atoms with Crippen LogP contribution in [-0.4, -0.2) is 39.1 Å². The molecule has 0 heterocycles. The molecule has 0 atom stereocenters. The van der Waals surface area contributed by atoms with E-state index < -0.39 is 18.3 Å². The van der Waals surface area contributed by atoms with Crippen molar-refractivity contribution in [2.24, 2.45) is 5.73 Å². The molecule has 3 N–H and O–H groups in total. The first kappa shape index (κ1) is 17.1. The number of carbonyl (C=O) groups excluding carboxylic acids is 3. The van der Waals surface area contributed by atoms with E-state index in [1.165, 1.54) is 12.1 Å². The second-order valence-electron chi connectivity index (χ2n) is 3.93. The van der Waals surface area contributed by atoms with Crippen molar-refractivity contribution in [3.8, 4) is 11.5 Å². The molecule has 1 aromatic rings. The molecule has 0 unspecified atom stereocenters. The van der Waals surface area contributed by atoms with E-state index in [9.17, 15) is 14.4 Å². The van der Waals surface area contributed by atoms with E-state index >= 15 is 0 Å². The Morgan fingerprint density at radius 1 is 1.05 bits per heavy atom. The molecule has 0 aliphatic carbocycles. The number of hydrogen-bond acceptors (Lipinski definition) is 7. The van der Waals surface area contributed by atoms with Crippen LogP contribution in [0.3, 0.4) is 0 Å². The summed E-state index contributed by atoms with van der Waals surface area (Å²) in [6.07, 6.45) is -1.50. The number of urea groups is 1. The minimum Gasteiger partial charge on any atom is -0.437 e. The number of amides is 2. The zero-order chi connectivity index (χ0) is 16.5. The average molecular weight is 312 g/mol. The van der Waals surface area contributed by atoms with Gasteiger partial charge in [0.05, 0.1) is 14.2 Å². The number of ether oxygens (including phenoxy) is 4. The highest BCUT2D eigenvalue weighted by molar-refractivity contribution is 5.71. The quantitative estimate of drug-likeness (QED) is 0.617. The predicted octanol–water partition coefficient (Wildman–Crippen LogP) is 1.19. The summed E-state index contributed by atoms with van der Waals surface area (Å²) in [7, 11) is 2.29. The van der Waals surface area contributed by atoms with E-state index in [4.69, 9.17) is 15.2 Å². The van der Waals surface area contributed by atoms with Gasteiger partial charge in [-0.15, -0.1) is 0 Å². The summed E-state index contributed by atoms with van der Waals surface area (Å²) >= 11 is 0. The molecular weight excluding hydrogens is 296 g/mol. The standard InChI is InChI=1S/C13H16N2O7/c1-19-12(17)21-9-4-3-8(5-6-15-11(14)16)7-10(9)22-13(18)20-2/h3-4,7H,5-6H2,1-2H3,(H3,14,15,16). The number of methoxy groups -OCH3 is 2. The van der Waals surface area contributed by atoms with Crippen LogP contribution < -0.4 is 20.5 Å². The third-order valence-corrected chi connectivity index (χ3v) is 2.44. The van der Waals surface area contributed by atoms with Gasteiger partial charge in [-0.05, 0) is 24.1 Å². The van der Waals surface area contributed by atoms with Crippen molar-refractivity contribution in [2.45, 2.75) is 6.42 Å². The van der Waals surface area contributed by atoms with Crippen LogP contribution in [0.25, 0.3) is 0 Å². The molecule has 1 aromatic carbocycles. The lowest BCUT2D eigenvalue weighted by atomic mass is 10.1. The summed E-state index contributed by atoms with van der Waals surface area (Å²) in [6, 6.07) is 3.88. The second-order valence-corrected chi connectivity index (χ2v) is 3.93. The van der Waals surface area contributed by atoms with Crippen LogP contribution in [0.5, 0.6) is 11.5 Å². The van der Waals surface area contributed by atoms with Crippen LogP contribution >= 0.6 is 0 Å². The average Bonchev–Trinajstić information content (AvgIpc) is 2.49. The number of primary amides is 1. The number of carbonyl (C=O) groups is 3. The van der Waals surface area contributed by atoms with Crippen LogP contribution in [0, 0.1) is 0 Å². The van der Waals surface area contributed by atoms with Gasteiger partial charge in [-0.3, -0.25) is 0 Å². The van der Waals surface area contributed by atoms with E-state index in [0.717, 1.165) is 14.2 Å². The molecule has 0 radical (unpaired) electrons. The van der Waals surface area contributed by atoms with Crippen LogP contribution in [0.2, 0.25) is 0 Å². The molecule has 0 fully saturated rings. The Morgan fingerprint density at radius 2 is 1.64 bits per heavy atom. The first-order chi connectivity index (χ1) is 10.5. The highest BCUT2D eigenvalue weighted by atomic mass is 16.7. The fourth-order valence-electron chi connectivity index (χ4n) is 1.46. The fraction of sp³-hybridized carbons (Fsp3) is 0.308. The molecule has 0 saturated heterocycles. The van der Waals surface area contributed by atoms with Gasteiger partial charge in [-0.1, -0.05) is 6.07 Å². The van der Waals surface area contributed by atoms with E-state index in [1.807, 2.05) is 0 Å². The molecule has 0 aromatic heterocycles. The molecule has 0 aliphatic rings. The van der Waals surface area contributed by atoms with Crippen molar-refractivity contribution in [2.75, 3.05) is 20.8 Å². The van der Waals surface area contributed by atoms with E-state index in [2.05, 4.69) is 14.8 Å². The third kappa shape index (κ3) is 5.57. The zero-order valence-electron chi connectivity index (χ0n) is 12.1. The van der Waals surface area contributed by atoms with Crippen molar-refractivity contribution in [1.29, 1.82) is 0 Å². The molecule has 1 rings (SSSR count). The van der Waals surface area contributed by atoms with Gasteiger partial charge in [0.2, 0.25) is 0 Å². The van der Waals surface area contributed by atoms with Gasteiger partial charge < -0.3 is 30.0 Å². The Bertz CT molecular complexity index is 559. The summed E-state index contributed by atoms with van der Waals surface area (Å²) in [5.74, 6) is -0.0299. The van der Waals surface area contributed by atoms with Crippen molar-refractivity contribution in [3.63, 3.8) is 0 Å². The zero-order valence-corrected chi connectivity index (χ0v) is 12.1. The largest absolute Gasteiger partial charge is 0.513 e. The maximum Gasteiger partial charge on any atom is 0.513 e. The molecule has 22 heavy (non-hydrogen) atoms. The Kier molecular flexibility index (Phi) is 6.48. The minimum absolute atomic E-state index is 0.0103. The first-order valence-electron chi connectivity index (χ1n) is 6.14. The summed E-state index contributed by atoms with van der Waals surface area (Å²) < 4.78 is 18.5. The van der Waals surface area contributed by atoms with Gasteiger partial charge in [0.25, 0.3) is 0 Å². The molecule has 0 aliphatic heterocycles. The Morgan fingerprint density at radius 3 is 2.18 bits per heavy atom. The highest BCUT2D eigenvalue weighted by Gasteiger charge is 2.15. The maximum absolute atomic E-state index is 11.2. The van der Waals surface area contributed by atoms with E-state index in [0.29, 0.717) is 18.5 Å². The molecule has 0 saturated carbocycles. The predicted molar refractivity (Wildman–Crippen MR) is 73.8 cm³/mol. The van der Waals surface area contributed by atoms with Crippen LogP contribution in [0.1, 0.15) is 5.56 Å². The van der Waals surface area contributed by atoms with Gasteiger partial charge in [0.1, 0.15) is 0 Å². The van der Waals surface area contributed by atoms with Gasteiger partial charge in [0.15, 0.2) is 11.5 Å². The van der Waals surface area contributed by atoms with E-state index in [-0.39, 0.29) is 11.5 Å². The van der Waals surface area contributed by atoms with Crippen LogP contribution in [0.15, 0.2) is 18.2 Å². The van der Waals surface area contributed by atoms with Gasteiger partial charge >= 0.3 is 18.3 Å². The Labute approximate surface area is 126 Å². The van der Waals surface area contributed by atoms with Crippen molar-refractivity contribution < 1.29 is 33.3 Å². The van der Waals surface area contributed by atoms with Crippen molar-refractivity contribution in [3.05, 3.63) is 23.8 Å². The summed E-state index contributed by atoms with van der Waals surface area (Å²) in [6.45, 7) is 0.296. The van der Waals surface area contributed by atoms with Gasteiger partial charge in [0, 0.05) is 6.54 Å². The normalized spacial score (nSPS) is 9.55. The number of rotatable bonds is 5. The number of hydrogen-bond donors (Lipinski definition) is 2. The molecule has 0 spiro atoms. The minimum atomic E-state index is -0.970. The van der Waals surface area contributed by atoms with Gasteiger partial charge in [-0.25, -0.2) is 14.4 Å². The number of nitrogens with two attached hydrogens (primary N) is 1. The molecule has 9 heteroatoms. The fourth-order valence-corrected chi connectivity index (χ4v) is 1.46. The maximum atomic E-state index is 11.2. The topological polar surface area (TPSA) is 126 Å². The lowest BCUT2D eigenvalue weighted by Gasteiger charge is -2.11. The van der Waals surface area contributed by atoms with Crippen LogP contribution in [0.4, 0.5) is 14.4 Å². The lowest BCUT2D eigenvalue weighted by molar-refractivity contribution is 0.110. The van der Waals surface area contributed by atoms with E-state index in [1.54, 1.807) is 6.07 Å². The SMILES string of the molecule is COC(=O)Oc1ccc(CCNC(N)=O)cc1OC(=O)OC. The van der Waals surface area contributed by atoms with Crippen molar-refractivity contribution in [1.82, 2.24) is 5.32 Å². The highest BCUT2D eigenvalue weighted by Crippen LogP contribution is 2.29. The Hall–Kier alpha value is -2.97.